The average molecular weight is 385 g/mol. The molecule has 1 aliphatic heterocycles. The fourth-order valence-electron chi connectivity index (χ4n) is 3.47. The molecule has 0 N–H and O–H groups in total. The molecule has 4 rings (SSSR count). The number of hydrogen-bond acceptors (Lipinski definition) is 3. The molecule has 1 aliphatic rings. The van der Waals surface area contributed by atoms with E-state index in [1.54, 1.807) is 10.6 Å². The summed E-state index contributed by atoms with van der Waals surface area (Å²) in [5.74, 6) is 0.581. The lowest BCUT2D eigenvalue weighted by Crippen LogP contribution is -2.37. The normalized spacial score (nSPS) is 13.5. The molecular weight excluding hydrogens is 367 g/mol. The van der Waals surface area contributed by atoms with E-state index >= 15 is 0 Å². The first kappa shape index (κ1) is 17.7. The lowest BCUT2D eigenvalue weighted by atomic mass is 10.0. The molecule has 0 atom stereocenters. The summed E-state index contributed by atoms with van der Waals surface area (Å²) in [5, 5.41) is 8.87. The molecule has 27 heavy (non-hydrogen) atoms. The molecular formula is C20H18ClFN4O. The fourth-order valence-corrected chi connectivity index (χ4v) is 3.72. The lowest BCUT2D eigenvalue weighted by Gasteiger charge is -2.30. The second-order valence-corrected chi connectivity index (χ2v) is 6.95. The molecule has 0 fully saturated rings. The highest BCUT2D eigenvalue weighted by atomic mass is 35.5. The summed E-state index contributed by atoms with van der Waals surface area (Å²) in [5.41, 5.74) is 1.91. The summed E-state index contributed by atoms with van der Waals surface area (Å²) in [6.07, 6.45) is 1.45. The fraction of sp³-hybridized carbons (Fsp3) is 0.250. The highest BCUT2D eigenvalue weighted by molar-refractivity contribution is 6.32. The van der Waals surface area contributed by atoms with Crippen LogP contribution in [-0.2, 0) is 24.7 Å². The minimum absolute atomic E-state index is 0.0434. The van der Waals surface area contributed by atoms with Crippen molar-refractivity contribution in [3.63, 3.8) is 0 Å². The van der Waals surface area contributed by atoms with Crippen LogP contribution in [0.15, 0.2) is 42.5 Å². The number of rotatable bonds is 3. The number of anilines is 1. The van der Waals surface area contributed by atoms with Gasteiger partial charge in [-0.05, 0) is 30.5 Å². The Bertz CT molecular complexity index is 1000. The number of halogens is 2. The Kier molecular flexibility index (Phi) is 4.66. The monoisotopic (exact) mass is 384 g/mol. The van der Waals surface area contributed by atoms with E-state index in [-0.39, 0.29) is 12.3 Å². The van der Waals surface area contributed by atoms with Crippen LogP contribution in [0.4, 0.5) is 10.1 Å². The first-order chi connectivity index (χ1) is 13.1. The third kappa shape index (κ3) is 3.21. The van der Waals surface area contributed by atoms with Crippen LogP contribution in [0.2, 0.25) is 5.02 Å². The van der Waals surface area contributed by atoms with Crippen molar-refractivity contribution in [1.82, 2.24) is 14.8 Å². The number of fused-ring (bicyclic) bond motifs is 1. The molecule has 3 aromatic rings. The van der Waals surface area contributed by atoms with Crippen LogP contribution < -0.4 is 4.90 Å². The molecule has 0 radical (unpaired) electrons. The molecule has 0 saturated heterocycles. The zero-order valence-electron chi connectivity index (χ0n) is 14.8. The van der Waals surface area contributed by atoms with Gasteiger partial charge in [0.25, 0.3) is 0 Å². The lowest BCUT2D eigenvalue weighted by molar-refractivity contribution is -0.118. The molecule has 0 unspecified atom stereocenters. The van der Waals surface area contributed by atoms with Gasteiger partial charge in [-0.2, -0.15) is 0 Å². The van der Waals surface area contributed by atoms with Gasteiger partial charge in [0.15, 0.2) is 5.82 Å². The van der Waals surface area contributed by atoms with E-state index in [1.807, 2.05) is 37.4 Å². The summed E-state index contributed by atoms with van der Waals surface area (Å²) in [6, 6.07) is 12.5. The van der Waals surface area contributed by atoms with Gasteiger partial charge < -0.3 is 9.47 Å². The third-order valence-corrected chi connectivity index (χ3v) is 5.22. The number of benzene rings is 2. The minimum atomic E-state index is -0.426. The Hall–Kier alpha value is -2.73. The Labute approximate surface area is 161 Å². The number of hydrogen-bond donors (Lipinski definition) is 0. The zero-order valence-corrected chi connectivity index (χ0v) is 15.6. The highest BCUT2D eigenvalue weighted by Crippen LogP contribution is 2.35. The smallest absolute Gasteiger partial charge is 0.234 e. The molecule has 5 nitrogen and oxygen atoms in total. The molecule has 2 heterocycles. The van der Waals surface area contributed by atoms with Crippen LogP contribution >= 0.6 is 11.6 Å². The van der Waals surface area contributed by atoms with Crippen LogP contribution in [0.1, 0.15) is 17.8 Å². The first-order valence-corrected chi connectivity index (χ1v) is 9.15. The van der Waals surface area contributed by atoms with E-state index in [4.69, 9.17) is 11.6 Å². The number of carbonyl (C=O) groups excluding carboxylic acids is 1. The van der Waals surface area contributed by atoms with E-state index in [0.717, 1.165) is 12.0 Å². The number of nitrogens with zero attached hydrogens (tertiary/aromatic N) is 4. The average Bonchev–Trinajstić information content (AvgIpc) is 3.05. The first-order valence-electron chi connectivity index (χ1n) is 8.77. The Balaban J connectivity index is 1.62. The third-order valence-electron chi connectivity index (χ3n) is 4.86. The summed E-state index contributed by atoms with van der Waals surface area (Å²) < 4.78 is 16.2. The van der Waals surface area contributed by atoms with E-state index in [2.05, 4.69) is 10.2 Å². The summed E-state index contributed by atoms with van der Waals surface area (Å²) in [7, 11) is 1.83. The number of aromatic nitrogens is 3. The zero-order chi connectivity index (χ0) is 19.0. The van der Waals surface area contributed by atoms with Gasteiger partial charge in [-0.1, -0.05) is 41.9 Å². The predicted octanol–water partition coefficient (Wildman–Crippen LogP) is 3.80. The van der Waals surface area contributed by atoms with Crippen LogP contribution in [0, 0.1) is 5.82 Å². The van der Waals surface area contributed by atoms with Crippen LogP contribution in [-0.4, -0.2) is 27.2 Å². The molecule has 1 aromatic heterocycles. The molecule has 1 amide bonds. The maximum Gasteiger partial charge on any atom is 0.234 e. The summed E-state index contributed by atoms with van der Waals surface area (Å²) >= 11 is 6.21. The molecule has 0 bridgehead atoms. The molecule has 0 saturated carbocycles. The van der Waals surface area contributed by atoms with Gasteiger partial charge >= 0.3 is 0 Å². The van der Waals surface area contributed by atoms with Gasteiger partial charge in [0.2, 0.25) is 5.91 Å². The van der Waals surface area contributed by atoms with Crippen LogP contribution in [0.25, 0.3) is 11.4 Å². The summed E-state index contributed by atoms with van der Waals surface area (Å²) in [4.78, 5) is 14.4. The standard InChI is InChI=1S/C20H18ClFN4O/c1-25-17(23-24-20(25)13-6-3-2-4-7-13)12-18(27)26-11-5-8-14-15(21)9-10-16(22)19(14)26/h2-4,6-7,9-10H,5,8,11-12H2,1H3. The molecule has 138 valence electrons. The van der Waals surface area contributed by atoms with Crippen LogP contribution in [0.5, 0.6) is 0 Å². The quantitative estimate of drug-likeness (QED) is 0.690. The minimum Gasteiger partial charge on any atom is -0.314 e. The van der Waals surface area contributed by atoms with Crippen molar-refractivity contribution in [2.75, 3.05) is 11.4 Å². The molecule has 7 heteroatoms. The van der Waals surface area contributed by atoms with Crippen molar-refractivity contribution in [3.8, 4) is 11.4 Å². The van der Waals surface area contributed by atoms with Crippen molar-refractivity contribution in [3.05, 3.63) is 64.7 Å². The van der Waals surface area contributed by atoms with Gasteiger partial charge in [0.05, 0.1) is 12.1 Å². The Morgan fingerprint density at radius 1 is 1.19 bits per heavy atom. The van der Waals surface area contributed by atoms with E-state index in [9.17, 15) is 9.18 Å². The van der Waals surface area contributed by atoms with Crippen molar-refractivity contribution >= 4 is 23.2 Å². The van der Waals surface area contributed by atoms with Gasteiger partial charge in [-0.25, -0.2) is 4.39 Å². The van der Waals surface area contributed by atoms with E-state index in [1.165, 1.54) is 11.0 Å². The van der Waals surface area contributed by atoms with E-state index in [0.29, 0.717) is 40.9 Å². The SMILES string of the molecule is Cn1c(CC(=O)N2CCCc3c(Cl)ccc(F)c32)nnc1-c1ccccc1. The van der Waals surface area contributed by atoms with Crippen molar-refractivity contribution in [2.45, 2.75) is 19.3 Å². The van der Waals surface area contributed by atoms with Gasteiger partial charge in [0, 0.05) is 24.2 Å². The van der Waals surface area contributed by atoms with Crippen LogP contribution in [0.3, 0.4) is 0 Å². The number of carbonyl (C=O) groups is 1. The Morgan fingerprint density at radius 2 is 1.96 bits per heavy atom. The molecule has 2 aromatic carbocycles. The maximum atomic E-state index is 14.4. The van der Waals surface area contributed by atoms with Crippen molar-refractivity contribution in [1.29, 1.82) is 0 Å². The second kappa shape index (κ2) is 7.12. The molecule has 0 aliphatic carbocycles. The topological polar surface area (TPSA) is 51.0 Å². The Morgan fingerprint density at radius 3 is 2.74 bits per heavy atom. The molecule has 0 spiro atoms. The second-order valence-electron chi connectivity index (χ2n) is 6.55. The highest BCUT2D eigenvalue weighted by Gasteiger charge is 2.28. The maximum absolute atomic E-state index is 14.4. The van der Waals surface area contributed by atoms with Crippen molar-refractivity contribution in [2.24, 2.45) is 7.05 Å². The van der Waals surface area contributed by atoms with E-state index < -0.39 is 5.82 Å². The van der Waals surface area contributed by atoms with Crippen molar-refractivity contribution < 1.29 is 9.18 Å². The summed E-state index contributed by atoms with van der Waals surface area (Å²) in [6.45, 7) is 0.465. The van der Waals surface area contributed by atoms with Gasteiger partial charge in [0.1, 0.15) is 11.6 Å². The predicted molar refractivity (Wildman–Crippen MR) is 102 cm³/mol. The van der Waals surface area contributed by atoms with Gasteiger partial charge in [-0.3, -0.25) is 4.79 Å². The largest absolute Gasteiger partial charge is 0.314 e. The number of amides is 1. The van der Waals surface area contributed by atoms with Gasteiger partial charge in [-0.15, -0.1) is 10.2 Å².